The highest BCUT2D eigenvalue weighted by atomic mass is 32.2. The van der Waals surface area contributed by atoms with Crippen molar-refractivity contribution in [3.8, 4) is 0 Å². The Morgan fingerprint density at radius 1 is 0.889 bits per heavy atom. The Morgan fingerprint density at radius 3 is 2.11 bits per heavy atom. The quantitative estimate of drug-likeness (QED) is 0.821. The Balaban J connectivity index is 2.01. The smallest absolute Gasteiger partial charge is 0.261 e. The van der Waals surface area contributed by atoms with Crippen molar-refractivity contribution in [2.24, 2.45) is 0 Å². The van der Waals surface area contributed by atoms with Gasteiger partial charge in [-0.15, -0.1) is 0 Å². The third-order valence-electron chi connectivity index (χ3n) is 4.66. The molecule has 0 aliphatic carbocycles. The topological polar surface area (TPSA) is 83.6 Å². The maximum Gasteiger partial charge on any atom is 0.261 e. The molecule has 1 aliphatic heterocycles. The molecule has 8 heteroatoms. The molecule has 146 valence electrons. The minimum absolute atomic E-state index is 0.0288. The first kappa shape index (κ1) is 19.7. The molecule has 27 heavy (non-hydrogen) atoms. The van der Waals surface area contributed by atoms with Crippen molar-refractivity contribution in [3.63, 3.8) is 0 Å². The molecule has 2 aromatic rings. The second-order valence-corrected chi connectivity index (χ2v) is 10.6. The first-order valence-corrected chi connectivity index (χ1v) is 12.2. The van der Waals surface area contributed by atoms with Crippen molar-refractivity contribution in [2.75, 3.05) is 29.0 Å². The molecule has 0 saturated carbocycles. The van der Waals surface area contributed by atoms with E-state index in [1.54, 1.807) is 24.3 Å². The first-order chi connectivity index (χ1) is 12.7. The fraction of sp³-hybridized carbons (Fsp3) is 0.368. The van der Waals surface area contributed by atoms with E-state index in [1.807, 2.05) is 6.92 Å². The van der Waals surface area contributed by atoms with Gasteiger partial charge < -0.3 is 4.90 Å². The predicted molar refractivity (Wildman–Crippen MR) is 108 cm³/mol. The maximum atomic E-state index is 12.8. The summed E-state index contributed by atoms with van der Waals surface area (Å²) in [7, 11) is -7.48. The number of rotatable bonds is 5. The second-order valence-electron chi connectivity index (χ2n) is 6.92. The number of sulfone groups is 1. The summed E-state index contributed by atoms with van der Waals surface area (Å²) >= 11 is 0. The van der Waals surface area contributed by atoms with Gasteiger partial charge in [-0.25, -0.2) is 16.8 Å². The summed E-state index contributed by atoms with van der Waals surface area (Å²) < 4.78 is 52.3. The number of hydrogen-bond donors (Lipinski definition) is 1. The highest BCUT2D eigenvalue weighted by molar-refractivity contribution is 7.93. The summed E-state index contributed by atoms with van der Waals surface area (Å²) in [6, 6.07) is 11.3. The number of anilines is 2. The molecule has 1 saturated heterocycles. The van der Waals surface area contributed by atoms with Crippen LogP contribution in [0.3, 0.4) is 0 Å². The number of aryl methyl sites for hydroxylation is 1. The van der Waals surface area contributed by atoms with Gasteiger partial charge in [-0.3, -0.25) is 4.72 Å². The van der Waals surface area contributed by atoms with Crippen LogP contribution in [0.5, 0.6) is 0 Å². The lowest BCUT2D eigenvalue weighted by Crippen LogP contribution is -2.29. The lowest BCUT2D eigenvalue weighted by Gasteiger charge is -2.29. The first-order valence-electron chi connectivity index (χ1n) is 8.85. The fourth-order valence-electron chi connectivity index (χ4n) is 3.19. The summed E-state index contributed by atoms with van der Waals surface area (Å²) in [5, 5.41) is 0. The maximum absolute atomic E-state index is 12.8. The van der Waals surface area contributed by atoms with Crippen LogP contribution in [0.25, 0.3) is 0 Å². The van der Waals surface area contributed by atoms with Crippen molar-refractivity contribution < 1.29 is 16.8 Å². The zero-order chi connectivity index (χ0) is 19.7. The molecule has 1 heterocycles. The van der Waals surface area contributed by atoms with E-state index in [1.165, 1.54) is 24.6 Å². The second kappa shape index (κ2) is 7.52. The zero-order valence-corrected chi connectivity index (χ0v) is 17.1. The number of hydrogen-bond acceptors (Lipinski definition) is 5. The van der Waals surface area contributed by atoms with E-state index in [0.717, 1.165) is 43.4 Å². The number of sulfonamides is 1. The molecule has 0 bridgehead atoms. The van der Waals surface area contributed by atoms with Gasteiger partial charge in [-0.05, 0) is 56.5 Å². The number of piperidine rings is 1. The van der Waals surface area contributed by atoms with E-state index < -0.39 is 19.9 Å². The summed E-state index contributed by atoms with van der Waals surface area (Å²) in [4.78, 5) is 2.22. The third kappa shape index (κ3) is 4.62. The van der Waals surface area contributed by atoms with Gasteiger partial charge in [0.25, 0.3) is 10.0 Å². The van der Waals surface area contributed by atoms with E-state index in [-0.39, 0.29) is 15.5 Å². The molecule has 0 unspecified atom stereocenters. The average molecular weight is 409 g/mol. The Morgan fingerprint density at radius 2 is 1.52 bits per heavy atom. The van der Waals surface area contributed by atoms with Gasteiger partial charge in [-0.1, -0.05) is 17.7 Å². The van der Waals surface area contributed by atoms with Crippen LogP contribution in [0.15, 0.2) is 52.3 Å². The Hall–Kier alpha value is -2.06. The molecular weight excluding hydrogens is 384 g/mol. The zero-order valence-electron chi connectivity index (χ0n) is 15.5. The van der Waals surface area contributed by atoms with Crippen LogP contribution in [0.4, 0.5) is 11.4 Å². The molecule has 0 radical (unpaired) electrons. The Labute approximate surface area is 161 Å². The van der Waals surface area contributed by atoms with Gasteiger partial charge in [0.1, 0.15) is 0 Å². The monoisotopic (exact) mass is 408 g/mol. The number of nitrogens with one attached hydrogen (secondary N) is 1. The molecule has 2 aromatic carbocycles. The van der Waals surface area contributed by atoms with Gasteiger partial charge in [0.2, 0.25) is 0 Å². The van der Waals surface area contributed by atoms with Gasteiger partial charge in [0, 0.05) is 25.0 Å². The molecule has 0 amide bonds. The van der Waals surface area contributed by atoms with Crippen LogP contribution in [0.2, 0.25) is 0 Å². The van der Waals surface area contributed by atoms with E-state index in [0.29, 0.717) is 0 Å². The molecule has 0 atom stereocenters. The highest BCUT2D eigenvalue weighted by Crippen LogP contribution is 2.30. The SMILES string of the molecule is Cc1ccc(S(=O)(=O)Nc2cc(N3CCCCC3)ccc2S(C)(=O)=O)cc1. The standard InChI is InChI=1S/C19H24N2O4S2/c1-15-6-9-17(10-7-15)27(24,25)20-18-14-16(21-12-4-3-5-13-21)8-11-19(18)26(2,22)23/h6-11,14,20H,3-5,12-13H2,1-2H3. The molecule has 1 fully saturated rings. The van der Waals surface area contributed by atoms with Gasteiger partial charge in [0.15, 0.2) is 9.84 Å². The predicted octanol–water partition coefficient (Wildman–Crippen LogP) is 3.19. The summed E-state index contributed by atoms with van der Waals surface area (Å²) in [5.41, 5.74) is 1.85. The van der Waals surface area contributed by atoms with Crippen LogP contribution >= 0.6 is 0 Å². The summed E-state index contributed by atoms with van der Waals surface area (Å²) in [5.74, 6) is 0. The molecule has 3 rings (SSSR count). The van der Waals surface area contributed by atoms with Crippen LogP contribution in [-0.2, 0) is 19.9 Å². The molecule has 1 N–H and O–H groups in total. The minimum Gasteiger partial charge on any atom is -0.371 e. The van der Waals surface area contributed by atoms with E-state index >= 15 is 0 Å². The minimum atomic E-state index is -3.89. The largest absolute Gasteiger partial charge is 0.371 e. The van der Waals surface area contributed by atoms with Crippen molar-refractivity contribution in [1.82, 2.24) is 0 Å². The number of nitrogens with zero attached hydrogens (tertiary/aromatic N) is 1. The normalized spacial score (nSPS) is 15.6. The van der Waals surface area contributed by atoms with Crippen molar-refractivity contribution in [3.05, 3.63) is 48.0 Å². The Bertz CT molecular complexity index is 1020. The van der Waals surface area contributed by atoms with Gasteiger partial charge in [-0.2, -0.15) is 0 Å². The van der Waals surface area contributed by atoms with Crippen LogP contribution < -0.4 is 9.62 Å². The average Bonchev–Trinajstić information content (AvgIpc) is 2.61. The van der Waals surface area contributed by atoms with Crippen LogP contribution in [0.1, 0.15) is 24.8 Å². The van der Waals surface area contributed by atoms with E-state index in [4.69, 9.17) is 0 Å². The lowest BCUT2D eigenvalue weighted by atomic mass is 10.1. The summed E-state index contributed by atoms with van der Waals surface area (Å²) in [6.45, 7) is 3.62. The summed E-state index contributed by atoms with van der Waals surface area (Å²) in [6.07, 6.45) is 4.38. The lowest BCUT2D eigenvalue weighted by molar-refractivity contribution is 0.577. The van der Waals surface area contributed by atoms with E-state index in [2.05, 4.69) is 9.62 Å². The van der Waals surface area contributed by atoms with Gasteiger partial charge in [0.05, 0.1) is 15.5 Å². The molecule has 6 nitrogen and oxygen atoms in total. The van der Waals surface area contributed by atoms with Crippen molar-refractivity contribution in [1.29, 1.82) is 0 Å². The van der Waals surface area contributed by atoms with Crippen LogP contribution in [-0.4, -0.2) is 36.2 Å². The molecule has 0 spiro atoms. The third-order valence-corrected chi connectivity index (χ3v) is 7.20. The Kier molecular flexibility index (Phi) is 5.48. The molecule has 1 aliphatic rings. The highest BCUT2D eigenvalue weighted by Gasteiger charge is 2.22. The number of benzene rings is 2. The molecule has 0 aromatic heterocycles. The van der Waals surface area contributed by atoms with Gasteiger partial charge >= 0.3 is 0 Å². The van der Waals surface area contributed by atoms with E-state index in [9.17, 15) is 16.8 Å². The fourth-order valence-corrected chi connectivity index (χ4v) is 5.15. The molecular formula is C19H24N2O4S2. The van der Waals surface area contributed by atoms with Crippen molar-refractivity contribution in [2.45, 2.75) is 36.0 Å². The van der Waals surface area contributed by atoms with Crippen molar-refractivity contribution >= 4 is 31.2 Å². The van der Waals surface area contributed by atoms with Crippen LogP contribution in [0, 0.1) is 6.92 Å².